The number of nitrogens with one attached hydrogen (secondary N) is 1. The number of para-hydroxylation sites is 1. The van der Waals surface area contributed by atoms with Crippen LogP contribution in [0.25, 0.3) is 10.2 Å². The summed E-state index contributed by atoms with van der Waals surface area (Å²) in [6.45, 7) is 4.12. The van der Waals surface area contributed by atoms with Crippen molar-refractivity contribution in [1.29, 1.82) is 0 Å². The third kappa shape index (κ3) is 3.35. The molecule has 1 heterocycles. The molecule has 0 fully saturated rings. The number of aromatic nitrogens is 1. The number of thiazole rings is 1. The molecule has 0 unspecified atom stereocenters. The molecule has 118 valence electrons. The van der Waals surface area contributed by atoms with E-state index in [1.807, 2.05) is 48.0 Å². The average Bonchev–Trinajstić information content (AvgIpc) is 2.86. The lowest BCUT2D eigenvalue weighted by atomic mass is 10.0. The molecule has 0 saturated heterocycles. The van der Waals surface area contributed by atoms with Gasteiger partial charge in [-0.2, -0.15) is 0 Å². The van der Waals surface area contributed by atoms with Gasteiger partial charge in [0.2, 0.25) is 10.7 Å². The van der Waals surface area contributed by atoms with Crippen LogP contribution >= 0.6 is 11.3 Å². The van der Waals surface area contributed by atoms with Gasteiger partial charge in [0.05, 0.1) is 16.6 Å². The van der Waals surface area contributed by atoms with Crippen molar-refractivity contribution in [3.8, 4) is 0 Å². The minimum atomic E-state index is -0.106. The van der Waals surface area contributed by atoms with E-state index in [1.165, 1.54) is 11.1 Å². The standard InChI is InChI=1S/C18H19N3OS/c1-12-8-9-14(10-13(12)2)11-17(22)19-20-18-21(3)15-6-4-5-7-16(15)23-18/h4-10H,11H2,1-3H3,(H,19,22)/b20-18+. The highest BCUT2D eigenvalue weighted by atomic mass is 32.1. The molecule has 0 aliphatic rings. The summed E-state index contributed by atoms with van der Waals surface area (Å²) >= 11 is 1.56. The molecule has 1 amide bonds. The van der Waals surface area contributed by atoms with Gasteiger partial charge in [-0.1, -0.05) is 41.7 Å². The molecule has 1 aromatic heterocycles. The highest BCUT2D eigenvalue weighted by Crippen LogP contribution is 2.15. The fraction of sp³-hybridized carbons (Fsp3) is 0.222. The van der Waals surface area contributed by atoms with Gasteiger partial charge in [-0.25, -0.2) is 5.43 Å². The summed E-state index contributed by atoms with van der Waals surface area (Å²) in [7, 11) is 1.95. The largest absolute Gasteiger partial charge is 0.318 e. The van der Waals surface area contributed by atoms with Gasteiger partial charge < -0.3 is 4.57 Å². The van der Waals surface area contributed by atoms with Crippen LogP contribution in [0.3, 0.4) is 0 Å². The second-order valence-electron chi connectivity index (χ2n) is 5.65. The Morgan fingerprint density at radius 1 is 1.17 bits per heavy atom. The number of fused-ring (bicyclic) bond motifs is 1. The fourth-order valence-corrected chi connectivity index (χ4v) is 3.42. The first-order chi connectivity index (χ1) is 11.0. The Labute approximate surface area is 139 Å². The van der Waals surface area contributed by atoms with Crippen LogP contribution in [0.15, 0.2) is 47.6 Å². The lowest BCUT2D eigenvalue weighted by Crippen LogP contribution is -2.24. The zero-order chi connectivity index (χ0) is 16.4. The second kappa shape index (κ2) is 6.38. The van der Waals surface area contributed by atoms with Gasteiger partial charge in [-0.3, -0.25) is 4.79 Å². The number of aryl methyl sites for hydroxylation is 3. The zero-order valence-corrected chi connectivity index (χ0v) is 14.3. The van der Waals surface area contributed by atoms with Crippen LogP contribution in [0.5, 0.6) is 0 Å². The molecule has 4 nitrogen and oxygen atoms in total. The summed E-state index contributed by atoms with van der Waals surface area (Å²) in [6, 6.07) is 14.2. The monoisotopic (exact) mass is 325 g/mol. The van der Waals surface area contributed by atoms with Gasteiger partial charge in [-0.15, -0.1) is 5.10 Å². The van der Waals surface area contributed by atoms with Crippen LogP contribution in [0.4, 0.5) is 0 Å². The van der Waals surface area contributed by atoms with E-state index in [9.17, 15) is 4.79 Å². The van der Waals surface area contributed by atoms with Gasteiger partial charge in [-0.05, 0) is 42.7 Å². The molecular formula is C18H19N3OS. The van der Waals surface area contributed by atoms with Crippen LogP contribution in [0.2, 0.25) is 0 Å². The summed E-state index contributed by atoms with van der Waals surface area (Å²) in [4.78, 5) is 12.9. The molecule has 5 heteroatoms. The quantitative estimate of drug-likeness (QED) is 0.739. The van der Waals surface area contributed by atoms with E-state index in [1.54, 1.807) is 11.3 Å². The summed E-state index contributed by atoms with van der Waals surface area (Å²) < 4.78 is 3.13. The Morgan fingerprint density at radius 3 is 2.70 bits per heavy atom. The van der Waals surface area contributed by atoms with E-state index in [2.05, 4.69) is 30.4 Å². The number of carbonyl (C=O) groups excluding carboxylic acids is 1. The Hall–Kier alpha value is -2.40. The van der Waals surface area contributed by atoms with Crippen LogP contribution in [0, 0.1) is 13.8 Å². The van der Waals surface area contributed by atoms with Crippen molar-refractivity contribution in [2.75, 3.05) is 0 Å². The maximum atomic E-state index is 12.1. The van der Waals surface area contributed by atoms with Crippen molar-refractivity contribution >= 4 is 27.5 Å². The zero-order valence-electron chi connectivity index (χ0n) is 13.5. The smallest absolute Gasteiger partial charge is 0.244 e. The van der Waals surface area contributed by atoms with Crippen LogP contribution < -0.4 is 10.2 Å². The molecule has 0 radical (unpaired) electrons. The highest BCUT2D eigenvalue weighted by molar-refractivity contribution is 7.16. The lowest BCUT2D eigenvalue weighted by molar-refractivity contribution is -0.120. The van der Waals surface area contributed by atoms with Crippen LogP contribution in [-0.4, -0.2) is 10.5 Å². The molecule has 23 heavy (non-hydrogen) atoms. The second-order valence-corrected chi connectivity index (χ2v) is 6.66. The Balaban J connectivity index is 1.77. The maximum absolute atomic E-state index is 12.1. The molecule has 0 saturated carbocycles. The van der Waals surface area contributed by atoms with Gasteiger partial charge >= 0.3 is 0 Å². The summed E-state index contributed by atoms with van der Waals surface area (Å²) in [6.07, 6.45) is 0.333. The number of rotatable bonds is 3. The Kier molecular flexibility index (Phi) is 4.30. The van der Waals surface area contributed by atoms with E-state index in [0.717, 1.165) is 20.6 Å². The van der Waals surface area contributed by atoms with E-state index >= 15 is 0 Å². The highest BCUT2D eigenvalue weighted by Gasteiger charge is 2.05. The third-order valence-corrected chi connectivity index (χ3v) is 5.04. The van der Waals surface area contributed by atoms with Crippen molar-refractivity contribution in [3.05, 3.63) is 64.0 Å². The van der Waals surface area contributed by atoms with Crippen LogP contribution in [0.1, 0.15) is 16.7 Å². The number of hydrogen-bond acceptors (Lipinski definition) is 3. The molecule has 1 N–H and O–H groups in total. The molecule has 3 aromatic rings. The molecule has 0 bridgehead atoms. The molecule has 3 rings (SSSR count). The predicted molar refractivity (Wildman–Crippen MR) is 94.1 cm³/mol. The number of nitrogens with zero attached hydrogens (tertiary/aromatic N) is 2. The van der Waals surface area contributed by atoms with E-state index in [0.29, 0.717) is 6.42 Å². The fourth-order valence-electron chi connectivity index (χ4n) is 2.44. The number of hydrogen-bond donors (Lipinski definition) is 1. The first-order valence-corrected chi connectivity index (χ1v) is 8.29. The molecule has 0 atom stereocenters. The van der Waals surface area contributed by atoms with E-state index in [4.69, 9.17) is 0 Å². The average molecular weight is 325 g/mol. The predicted octanol–water partition coefficient (Wildman–Crippen LogP) is 3.03. The summed E-state index contributed by atoms with van der Waals surface area (Å²) in [5.74, 6) is -0.106. The first-order valence-electron chi connectivity index (χ1n) is 7.48. The van der Waals surface area contributed by atoms with Gasteiger partial charge in [0.15, 0.2) is 0 Å². The molecule has 0 aliphatic heterocycles. The summed E-state index contributed by atoms with van der Waals surface area (Å²) in [5.41, 5.74) is 7.20. The first kappa shape index (κ1) is 15.5. The maximum Gasteiger partial charge on any atom is 0.244 e. The SMILES string of the molecule is Cc1ccc(CC(=O)N/N=c2/sc3ccccc3n2C)cc1C. The molecule has 0 aliphatic carbocycles. The van der Waals surface area contributed by atoms with Gasteiger partial charge in [0.1, 0.15) is 0 Å². The minimum Gasteiger partial charge on any atom is -0.318 e. The number of carbonyl (C=O) groups is 1. The summed E-state index contributed by atoms with van der Waals surface area (Å²) in [5, 5.41) is 4.26. The van der Waals surface area contributed by atoms with Gasteiger partial charge in [0, 0.05) is 7.05 Å². The topological polar surface area (TPSA) is 46.4 Å². The molecular weight excluding hydrogens is 306 g/mol. The van der Waals surface area contributed by atoms with Gasteiger partial charge in [0.25, 0.3) is 0 Å². The van der Waals surface area contributed by atoms with Crippen molar-refractivity contribution in [3.63, 3.8) is 0 Å². The molecule has 2 aromatic carbocycles. The van der Waals surface area contributed by atoms with Crippen molar-refractivity contribution < 1.29 is 4.79 Å². The Morgan fingerprint density at radius 2 is 1.96 bits per heavy atom. The van der Waals surface area contributed by atoms with Crippen molar-refractivity contribution in [2.45, 2.75) is 20.3 Å². The molecule has 0 spiro atoms. The van der Waals surface area contributed by atoms with Crippen molar-refractivity contribution in [1.82, 2.24) is 9.99 Å². The third-order valence-electron chi connectivity index (χ3n) is 3.93. The Bertz CT molecular complexity index is 937. The number of amides is 1. The van der Waals surface area contributed by atoms with Crippen LogP contribution in [-0.2, 0) is 18.3 Å². The van der Waals surface area contributed by atoms with Crippen molar-refractivity contribution in [2.24, 2.45) is 12.1 Å². The minimum absolute atomic E-state index is 0.106. The normalized spacial score (nSPS) is 11.9. The lowest BCUT2D eigenvalue weighted by Gasteiger charge is -2.04. The van der Waals surface area contributed by atoms with E-state index < -0.39 is 0 Å². The number of benzene rings is 2. The van der Waals surface area contributed by atoms with E-state index in [-0.39, 0.29) is 5.91 Å².